The van der Waals surface area contributed by atoms with Crippen LogP contribution in [0.4, 0.5) is 10.1 Å². The van der Waals surface area contributed by atoms with E-state index < -0.39 is 5.82 Å². The first-order valence-corrected chi connectivity index (χ1v) is 8.23. The molecule has 0 unspecified atom stereocenters. The van der Waals surface area contributed by atoms with Crippen LogP contribution in [-0.2, 0) is 0 Å². The van der Waals surface area contributed by atoms with E-state index in [4.69, 9.17) is 9.68 Å². The molecule has 0 atom stereocenters. The molecule has 7 heteroatoms. The van der Waals surface area contributed by atoms with Crippen LogP contribution in [0.3, 0.4) is 0 Å². The summed E-state index contributed by atoms with van der Waals surface area (Å²) in [4.78, 5) is 20.5. The van der Waals surface area contributed by atoms with Crippen molar-refractivity contribution >= 4 is 22.7 Å². The highest BCUT2D eigenvalue weighted by atomic mass is 19.1. The van der Waals surface area contributed by atoms with Crippen molar-refractivity contribution in [2.45, 2.75) is 0 Å². The number of benzene rings is 2. The first-order valence-electron chi connectivity index (χ1n) is 8.23. The second kappa shape index (κ2) is 6.48. The van der Waals surface area contributed by atoms with Gasteiger partial charge >= 0.3 is 0 Å². The molecule has 0 radical (unpaired) electrons. The van der Waals surface area contributed by atoms with Crippen LogP contribution in [-0.4, -0.2) is 42.0 Å². The molecule has 0 bridgehead atoms. The van der Waals surface area contributed by atoms with E-state index in [0.29, 0.717) is 42.8 Å². The fourth-order valence-corrected chi connectivity index (χ4v) is 3.20. The van der Waals surface area contributed by atoms with Crippen molar-refractivity contribution in [2.24, 2.45) is 0 Å². The topological polar surface area (TPSA) is 73.4 Å². The minimum atomic E-state index is -0.512. The number of piperazine rings is 1. The van der Waals surface area contributed by atoms with Gasteiger partial charge in [-0.3, -0.25) is 4.79 Å². The summed E-state index contributed by atoms with van der Waals surface area (Å²) in [6.07, 6.45) is 1.21. The lowest BCUT2D eigenvalue weighted by Gasteiger charge is -2.36. The Balaban J connectivity index is 1.51. The molecule has 6 nitrogen and oxygen atoms in total. The largest absolute Gasteiger partial charge is 0.443 e. The second-order valence-electron chi connectivity index (χ2n) is 6.10. The Morgan fingerprint density at radius 1 is 1.19 bits per heavy atom. The molecule has 1 fully saturated rings. The van der Waals surface area contributed by atoms with Crippen LogP contribution in [0.25, 0.3) is 11.1 Å². The molecule has 130 valence electrons. The van der Waals surface area contributed by atoms with Crippen molar-refractivity contribution in [2.75, 3.05) is 31.1 Å². The number of hydrogen-bond donors (Lipinski definition) is 0. The Kier molecular flexibility index (Phi) is 4.01. The second-order valence-corrected chi connectivity index (χ2v) is 6.10. The van der Waals surface area contributed by atoms with E-state index in [9.17, 15) is 9.18 Å². The van der Waals surface area contributed by atoms with Crippen LogP contribution >= 0.6 is 0 Å². The van der Waals surface area contributed by atoms with E-state index in [0.717, 1.165) is 5.69 Å². The Labute approximate surface area is 149 Å². The zero-order chi connectivity index (χ0) is 18.1. The van der Waals surface area contributed by atoms with Gasteiger partial charge in [-0.15, -0.1) is 0 Å². The van der Waals surface area contributed by atoms with Gasteiger partial charge < -0.3 is 14.2 Å². The number of carbonyl (C=O) groups excluding carboxylic acids is 1. The number of fused-ring (bicyclic) bond motifs is 1. The number of aromatic nitrogens is 1. The molecule has 1 saturated heterocycles. The lowest BCUT2D eigenvalue weighted by molar-refractivity contribution is 0.0747. The van der Waals surface area contributed by atoms with Crippen LogP contribution < -0.4 is 4.90 Å². The fraction of sp³-hybridized carbons (Fsp3) is 0.211. The number of halogens is 1. The predicted molar refractivity (Wildman–Crippen MR) is 93.2 cm³/mol. The summed E-state index contributed by atoms with van der Waals surface area (Å²) in [6, 6.07) is 12.0. The van der Waals surface area contributed by atoms with Crippen LogP contribution in [0.2, 0.25) is 0 Å². The SMILES string of the molecule is N#Cc1cccc(N2CCN(C(=O)c3cc(F)cc4ncoc34)CC2)c1. The fourth-order valence-electron chi connectivity index (χ4n) is 3.20. The summed E-state index contributed by atoms with van der Waals surface area (Å²) >= 11 is 0. The van der Waals surface area contributed by atoms with E-state index in [2.05, 4.69) is 16.0 Å². The minimum Gasteiger partial charge on any atom is -0.443 e. The Hall–Kier alpha value is -3.40. The average Bonchev–Trinajstić information content (AvgIpc) is 3.15. The zero-order valence-corrected chi connectivity index (χ0v) is 13.9. The molecule has 1 aliphatic heterocycles. The third kappa shape index (κ3) is 2.86. The first kappa shape index (κ1) is 16.1. The third-order valence-corrected chi connectivity index (χ3v) is 4.53. The van der Waals surface area contributed by atoms with Crippen molar-refractivity contribution in [1.29, 1.82) is 5.26 Å². The Bertz CT molecular complexity index is 1020. The summed E-state index contributed by atoms with van der Waals surface area (Å²) in [7, 11) is 0. The van der Waals surface area contributed by atoms with Crippen molar-refractivity contribution in [3.8, 4) is 6.07 Å². The van der Waals surface area contributed by atoms with Gasteiger partial charge in [-0.25, -0.2) is 9.37 Å². The van der Waals surface area contributed by atoms with Gasteiger partial charge in [0.15, 0.2) is 12.0 Å². The summed E-state index contributed by atoms with van der Waals surface area (Å²) in [5, 5.41) is 9.03. The van der Waals surface area contributed by atoms with Crippen molar-refractivity contribution in [3.05, 3.63) is 59.7 Å². The maximum Gasteiger partial charge on any atom is 0.257 e. The molecule has 2 heterocycles. The highest BCUT2D eigenvalue weighted by Crippen LogP contribution is 2.23. The molecule has 1 aliphatic rings. The van der Waals surface area contributed by atoms with E-state index in [-0.39, 0.29) is 11.5 Å². The van der Waals surface area contributed by atoms with Gasteiger partial charge in [0, 0.05) is 37.9 Å². The smallest absolute Gasteiger partial charge is 0.257 e. The molecule has 1 amide bonds. The van der Waals surface area contributed by atoms with E-state index in [1.54, 1.807) is 11.0 Å². The Morgan fingerprint density at radius 3 is 2.77 bits per heavy atom. The Morgan fingerprint density at radius 2 is 2.00 bits per heavy atom. The molecule has 2 aromatic carbocycles. The lowest BCUT2D eigenvalue weighted by atomic mass is 10.1. The summed E-state index contributed by atoms with van der Waals surface area (Å²) in [6.45, 7) is 2.27. The maximum atomic E-state index is 13.8. The molecule has 4 rings (SSSR count). The summed E-state index contributed by atoms with van der Waals surface area (Å²) < 4.78 is 19.0. The molecular weight excluding hydrogens is 335 g/mol. The molecular formula is C19H15FN4O2. The van der Waals surface area contributed by atoms with Gasteiger partial charge in [-0.2, -0.15) is 5.26 Å². The molecule has 0 N–H and O–H groups in total. The van der Waals surface area contributed by atoms with E-state index >= 15 is 0 Å². The number of amides is 1. The van der Waals surface area contributed by atoms with E-state index in [1.807, 2.05) is 18.2 Å². The number of anilines is 1. The van der Waals surface area contributed by atoms with E-state index in [1.165, 1.54) is 18.5 Å². The molecule has 0 saturated carbocycles. The normalized spacial score (nSPS) is 14.5. The summed E-state index contributed by atoms with van der Waals surface area (Å²) in [5.41, 5.74) is 2.39. The van der Waals surface area contributed by atoms with Gasteiger partial charge in [-0.1, -0.05) is 6.07 Å². The number of nitriles is 1. The maximum absolute atomic E-state index is 13.8. The van der Waals surface area contributed by atoms with Gasteiger partial charge in [0.1, 0.15) is 11.3 Å². The number of carbonyl (C=O) groups is 1. The third-order valence-electron chi connectivity index (χ3n) is 4.53. The van der Waals surface area contributed by atoms with Crippen molar-refractivity contribution in [3.63, 3.8) is 0 Å². The molecule has 0 spiro atoms. The van der Waals surface area contributed by atoms with Gasteiger partial charge in [0.25, 0.3) is 5.91 Å². The molecule has 3 aromatic rings. The highest BCUT2D eigenvalue weighted by molar-refractivity contribution is 6.04. The standard InChI is InChI=1S/C19H15FN4O2/c20-14-9-16(18-17(10-14)22-12-26-18)19(25)24-6-4-23(5-7-24)15-3-1-2-13(8-15)11-21/h1-3,8-10,12H,4-7H2. The van der Waals surface area contributed by atoms with Crippen LogP contribution in [0, 0.1) is 17.1 Å². The molecule has 26 heavy (non-hydrogen) atoms. The van der Waals surface area contributed by atoms with Crippen molar-refractivity contribution < 1.29 is 13.6 Å². The highest BCUT2D eigenvalue weighted by Gasteiger charge is 2.25. The number of oxazole rings is 1. The quantitative estimate of drug-likeness (QED) is 0.710. The van der Waals surface area contributed by atoms with Crippen LogP contribution in [0.1, 0.15) is 15.9 Å². The van der Waals surface area contributed by atoms with Gasteiger partial charge in [-0.05, 0) is 24.3 Å². The van der Waals surface area contributed by atoms with Crippen LogP contribution in [0.15, 0.2) is 47.2 Å². The van der Waals surface area contributed by atoms with Crippen molar-refractivity contribution in [1.82, 2.24) is 9.88 Å². The monoisotopic (exact) mass is 350 g/mol. The predicted octanol–water partition coefficient (Wildman–Crippen LogP) is 2.80. The number of nitrogens with zero attached hydrogens (tertiary/aromatic N) is 4. The average molecular weight is 350 g/mol. The zero-order valence-electron chi connectivity index (χ0n) is 13.9. The van der Waals surface area contributed by atoms with Gasteiger partial charge in [0.2, 0.25) is 0 Å². The molecule has 0 aliphatic carbocycles. The number of hydrogen-bond acceptors (Lipinski definition) is 5. The number of rotatable bonds is 2. The minimum absolute atomic E-state index is 0.192. The summed E-state index contributed by atoms with van der Waals surface area (Å²) in [5.74, 6) is -0.779. The van der Waals surface area contributed by atoms with Crippen LogP contribution in [0.5, 0.6) is 0 Å². The lowest BCUT2D eigenvalue weighted by Crippen LogP contribution is -2.48. The van der Waals surface area contributed by atoms with Gasteiger partial charge in [0.05, 0.1) is 17.2 Å². The first-order chi connectivity index (χ1) is 12.7. The molecule has 1 aromatic heterocycles.